The minimum Gasteiger partial charge on any atom is -0.309 e. The zero-order valence-corrected chi connectivity index (χ0v) is 27.0. The third-order valence-electron chi connectivity index (χ3n) is 9.51. The molecule has 8 rings (SSSR count). The van der Waals surface area contributed by atoms with E-state index < -0.39 is 18.5 Å². The van der Waals surface area contributed by atoms with Crippen LogP contribution in [0.3, 0.4) is 0 Å². The molecule has 2 aliphatic carbocycles. The van der Waals surface area contributed by atoms with Gasteiger partial charge in [-0.3, -0.25) is 0 Å². The van der Waals surface area contributed by atoms with Crippen LogP contribution in [0.4, 0.5) is 8.78 Å². The number of hydrogen-bond acceptors (Lipinski definition) is 4. The summed E-state index contributed by atoms with van der Waals surface area (Å²) in [6, 6.07) is 42.7. The van der Waals surface area contributed by atoms with Crippen LogP contribution in [-0.4, -0.2) is 15.0 Å². The third-order valence-corrected chi connectivity index (χ3v) is 12.6. The van der Waals surface area contributed by atoms with Crippen molar-refractivity contribution < 1.29 is 13.3 Å². The number of nitrogens with zero attached hydrogens (tertiary/aromatic N) is 3. The summed E-state index contributed by atoms with van der Waals surface area (Å²) in [5, 5.41) is 1.80. The number of alkyl halides is 2. The van der Waals surface area contributed by atoms with Gasteiger partial charge in [0.05, 0.1) is 5.41 Å². The second kappa shape index (κ2) is 11.4. The maximum Gasteiger partial charge on any atom is 0.283 e. The molecule has 1 unspecified atom stereocenters. The molecule has 6 aromatic rings. The van der Waals surface area contributed by atoms with Gasteiger partial charge in [-0.1, -0.05) is 140 Å². The van der Waals surface area contributed by atoms with E-state index in [9.17, 15) is 0 Å². The van der Waals surface area contributed by atoms with Crippen molar-refractivity contribution in [2.45, 2.75) is 19.3 Å². The second-order valence-electron chi connectivity index (χ2n) is 12.4. The zero-order valence-electron chi connectivity index (χ0n) is 26.1. The summed E-state index contributed by atoms with van der Waals surface area (Å²) < 4.78 is 48.1. The number of rotatable bonds is 6. The summed E-state index contributed by atoms with van der Waals surface area (Å²) in [7, 11) is -3.39. The van der Waals surface area contributed by atoms with Crippen molar-refractivity contribution in [3.63, 3.8) is 0 Å². The number of benzene rings is 5. The molecule has 7 heteroatoms. The van der Waals surface area contributed by atoms with E-state index in [1.54, 1.807) is 25.1 Å². The molecule has 0 amide bonds. The van der Waals surface area contributed by atoms with Crippen LogP contribution in [-0.2, 0) is 10.5 Å². The third kappa shape index (κ3) is 4.70. The van der Waals surface area contributed by atoms with Crippen molar-refractivity contribution in [1.29, 1.82) is 0 Å². The summed E-state index contributed by atoms with van der Waals surface area (Å²) in [6.07, 6.45) is 3.68. The summed E-state index contributed by atoms with van der Waals surface area (Å²) in [5.41, 5.74) is 1.61. The van der Waals surface area contributed by atoms with Crippen molar-refractivity contribution in [2.75, 3.05) is 0 Å². The van der Waals surface area contributed by atoms with Crippen LogP contribution in [0.2, 0.25) is 0 Å². The molecule has 2 aliphatic rings. The Balaban J connectivity index is 1.30. The van der Waals surface area contributed by atoms with Crippen LogP contribution < -0.4 is 15.9 Å². The van der Waals surface area contributed by atoms with Gasteiger partial charge in [0, 0.05) is 38.2 Å². The highest BCUT2D eigenvalue weighted by molar-refractivity contribution is 7.85. The van der Waals surface area contributed by atoms with E-state index in [4.69, 9.17) is 15.0 Å². The van der Waals surface area contributed by atoms with E-state index in [-0.39, 0.29) is 12.0 Å². The highest BCUT2D eigenvalue weighted by Crippen LogP contribution is 2.64. The SMILES string of the molecule is CC12CC=C(c3nc(-c4ccccc4)nc(-c4ccccc4)n3)C=C1c1cc(P(=O)(c3ccccc3)c3ccccc3)ccc1C2(F)F. The fourth-order valence-electron chi connectivity index (χ4n) is 6.81. The Labute approximate surface area is 278 Å². The van der Waals surface area contributed by atoms with Crippen molar-refractivity contribution in [3.05, 3.63) is 169 Å². The van der Waals surface area contributed by atoms with Gasteiger partial charge in [0.1, 0.15) is 0 Å². The minimum atomic E-state index is -3.39. The minimum absolute atomic E-state index is 0.0621. The molecular weight excluding hydrogens is 619 g/mol. The van der Waals surface area contributed by atoms with Crippen molar-refractivity contribution in [3.8, 4) is 22.8 Å². The topological polar surface area (TPSA) is 55.7 Å². The van der Waals surface area contributed by atoms with Crippen LogP contribution in [0.1, 0.15) is 30.3 Å². The first-order chi connectivity index (χ1) is 23.3. The summed E-state index contributed by atoms with van der Waals surface area (Å²) in [6.45, 7) is 1.61. The van der Waals surface area contributed by atoms with Gasteiger partial charge >= 0.3 is 0 Å². The van der Waals surface area contributed by atoms with Gasteiger partial charge in [-0.15, -0.1) is 0 Å². The number of halogens is 2. The largest absolute Gasteiger partial charge is 0.309 e. The molecule has 234 valence electrons. The lowest BCUT2D eigenvalue weighted by Crippen LogP contribution is -2.33. The molecule has 0 N–H and O–H groups in total. The van der Waals surface area contributed by atoms with E-state index in [2.05, 4.69) is 0 Å². The van der Waals surface area contributed by atoms with E-state index in [0.717, 1.165) is 11.1 Å². The Kier molecular flexibility index (Phi) is 7.15. The fraction of sp³-hybridized carbons (Fsp3) is 0.0976. The van der Waals surface area contributed by atoms with E-state index in [1.165, 1.54) is 6.07 Å². The Morgan fingerprint density at radius 3 is 1.60 bits per heavy atom. The van der Waals surface area contributed by atoms with E-state index in [1.807, 2.05) is 127 Å². The fourth-order valence-corrected chi connectivity index (χ4v) is 9.48. The quantitative estimate of drug-likeness (QED) is 0.169. The monoisotopic (exact) mass is 649 g/mol. The number of hydrogen-bond donors (Lipinski definition) is 0. The molecule has 0 fully saturated rings. The maximum atomic E-state index is 16.5. The van der Waals surface area contributed by atoms with Gasteiger partial charge in [0.2, 0.25) is 0 Å². The number of allylic oxidation sites excluding steroid dienone is 4. The van der Waals surface area contributed by atoms with E-state index in [0.29, 0.717) is 50.1 Å². The zero-order chi connectivity index (χ0) is 32.9. The summed E-state index contributed by atoms with van der Waals surface area (Å²) >= 11 is 0. The predicted octanol–water partition coefficient (Wildman–Crippen LogP) is 8.83. The van der Waals surface area contributed by atoms with Gasteiger partial charge in [0.15, 0.2) is 24.6 Å². The first-order valence-corrected chi connectivity index (χ1v) is 17.5. The molecule has 5 aromatic carbocycles. The van der Waals surface area contributed by atoms with Crippen molar-refractivity contribution in [2.24, 2.45) is 5.41 Å². The van der Waals surface area contributed by atoms with Crippen LogP contribution in [0.25, 0.3) is 33.9 Å². The van der Waals surface area contributed by atoms with Gasteiger partial charge in [-0.05, 0) is 36.6 Å². The predicted molar refractivity (Wildman–Crippen MR) is 189 cm³/mol. The first-order valence-electron chi connectivity index (χ1n) is 15.8. The molecule has 0 bridgehead atoms. The van der Waals surface area contributed by atoms with Gasteiger partial charge in [-0.25, -0.2) is 23.7 Å². The highest BCUT2D eigenvalue weighted by atomic mass is 31.2. The Morgan fingerprint density at radius 1 is 0.604 bits per heavy atom. The smallest absolute Gasteiger partial charge is 0.283 e. The first kappa shape index (κ1) is 30.0. The molecule has 1 atom stereocenters. The molecule has 1 aromatic heterocycles. The Morgan fingerprint density at radius 2 is 1.08 bits per heavy atom. The number of aromatic nitrogens is 3. The average molecular weight is 650 g/mol. The summed E-state index contributed by atoms with van der Waals surface area (Å²) in [4.78, 5) is 14.5. The van der Waals surface area contributed by atoms with Gasteiger partial charge in [-0.2, -0.15) is 0 Å². The molecule has 1 heterocycles. The van der Waals surface area contributed by atoms with Crippen LogP contribution in [0, 0.1) is 5.41 Å². The van der Waals surface area contributed by atoms with Crippen LogP contribution in [0.5, 0.6) is 0 Å². The average Bonchev–Trinajstić information content (AvgIpc) is 3.33. The molecule has 48 heavy (non-hydrogen) atoms. The molecular formula is C41H30F2N3OP. The molecule has 0 saturated carbocycles. The number of fused-ring (bicyclic) bond motifs is 3. The highest BCUT2D eigenvalue weighted by Gasteiger charge is 2.60. The Hall–Kier alpha value is -5.32. The lowest BCUT2D eigenvalue weighted by atomic mass is 9.73. The molecule has 0 saturated heterocycles. The van der Waals surface area contributed by atoms with Crippen molar-refractivity contribution in [1.82, 2.24) is 15.0 Å². The van der Waals surface area contributed by atoms with Crippen molar-refractivity contribution >= 4 is 34.2 Å². The Bertz CT molecular complexity index is 2170. The van der Waals surface area contributed by atoms with Gasteiger partial charge < -0.3 is 4.57 Å². The normalized spacial score (nSPS) is 18.0. The van der Waals surface area contributed by atoms with Gasteiger partial charge in [0.25, 0.3) is 5.92 Å². The van der Waals surface area contributed by atoms with Crippen LogP contribution in [0.15, 0.2) is 152 Å². The lowest BCUT2D eigenvalue weighted by Gasteiger charge is -2.34. The van der Waals surface area contributed by atoms with Crippen LogP contribution >= 0.6 is 7.14 Å². The second-order valence-corrected chi connectivity index (χ2v) is 15.1. The summed E-state index contributed by atoms with van der Waals surface area (Å²) in [5.74, 6) is -1.75. The van der Waals surface area contributed by atoms with E-state index >= 15 is 13.3 Å². The molecule has 0 spiro atoms. The molecule has 0 radical (unpaired) electrons. The standard InChI is InChI=1S/C41H30F2N3OP/c1-40-25-24-30(39-45-37(28-14-6-2-7-15-28)44-38(46-39)29-16-8-3-9-17-29)26-36(40)34-27-33(22-23-35(34)41(40,42)43)48(47,31-18-10-4-11-19-31)32-20-12-5-13-21-32/h2-24,26-27H,25H2,1H3. The lowest BCUT2D eigenvalue weighted by molar-refractivity contribution is -0.0832. The molecule has 4 nitrogen and oxygen atoms in total. The maximum absolute atomic E-state index is 16.5. The molecule has 0 aliphatic heterocycles.